The number of sulfonamides is 1. The molecule has 0 radical (unpaired) electrons. The fourth-order valence-corrected chi connectivity index (χ4v) is 4.34. The summed E-state index contributed by atoms with van der Waals surface area (Å²) in [6.07, 6.45) is 0.861. The molecule has 0 saturated carbocycles. The first kappa shape index (κ1) is 21.3. The highest BCUT2D eigenvalue weighted by Crippen LogP contribution is 2.21. The molecule has 2 aromatic carbocycles. The number of anilines is 1. The van der Waals surface area contributed by atoms with Crippen molar-refractivity contribution in [2.75, 3.05) is 50.7 Å². The summed E-state index contributed by atoms with van der Waals surface area (Å²) < 4.78 is 32.1. The second-order valence-electron chi connectivity index (χ2n) is 6.90. The van der Waals surface area contributed by atoms with Crippen molar-refractivity contribution < 1.29 is 17.9 Å². The molecule has 156 valence electrons. The van der Waals surface area contributed by atoms with E-state index in [1.165, 1.54) is 23.5 Å². The van der Waals surface area contributed by atoms with Crippen molar-refractivity contribution in [2.45, 2.75) is 11.3 Å². The van der Waals surface area contributed by atoms with Crippen molar-refractivity contribution in [1.82, 2.24) is 10.2 Å². The molecule has 0 atom stereocenters. The zero-order valence-electron chi connectivity index (χ0n) is 16.6. The van der Waals surface area contributed by atoms with Gasteiger partial charge >= 0.3 is 0 Å². The molecular formula is C21H27N3O4S. The van der Waals surface area contributed by atoms with E-state index < -0.39 is 10.0 Å². The average Bonchev–Trinajstić information content (AvgIpc) is 2.77. The molecule has 0 spiro atoms. The van der Waals surface area contributed by atoms with Gasteiger partial charge in [-0.15, -0.1) is 0 Å². The van der Waals surface area contributed by atoms with Crippen LogP contribution >= 0.6 is 0 Å². The van der Waals surface area contributed by atoms with Crippen molar-refractivity contribution >= 4 is 21.6 Å². The van der Waals surface area contributed by atoms with E-state index in [2.05, 4.69) is 10.2 Å². The molecule has 0 unspecified atom stereocenters. The third-order valence-corrected chi connectivity index (χ3v) is 6.73. The highest BCUT2D eigenvalue weighted by Gasteiger charge is 2.21. The predicted octanol–water partition coefficient (Wildman–Crippen LogP) is 1.96. The molecule has 1 aliphatic rings. The summed E-state index contributed by atoms with van der Waals surface area (Å²) in [6.45, 7) is 4.89. The molecule has 29 heavy (non-hydrogen) atoms. The predicted molar refractivity (Wildman–Crippen MR) is 113 cm³/mol. The van der Waals surface area contributed by atoms with Crippen molar-refractivity contribution in [3.8, 4) is 0 Å². The molecule has 1 N–H and O–H groups in total. The first-order valence-electron chi connectivity index (χ1n) is 9.71. The van der Waals surface area contributed by atoms with Crippen LogP contribution in [0.5, 0.6) is 0 Å². The lowest BCUT2D eigenvalue weighted by molar-refractivity contribution is 0.0374. The molecule has 1 amide bonds. The van der Waals surface area contributed by atoms with Crippen molar-refractivity contribution in [1.29, 1.82) is 0 Å². The van der Waals surface area contributed by atoms with E-state index in [0.29, 0.717) is 17.8 Å². The van der Waals surface area contributed by atoms with Gasteiger partial charge in [0.15, 0.2) is 0 Å². The van der Waals surface area contributed by atoms with Crippen molar-refractivity contribution in [3.05, 3.63) is 60.2 Å². The van der Waals surface area contributed by atoms with E-state index in [-0.39, 0.29) is 10.8 Å². The van der Waals surface area contributed by atoms with Gasteiger partial charge in [-0.25, -0.2) is 8.42 Å². The molecule has 8 heteroatoms. The Kier molecular flexibility index (Phi) is 7.24. The number of hydrogen-bond acceptors (Lipinski definition) is 5. The molecule has 0 bridgehead atoms. The second kappa shape index (κ2) is 9.87. The maximum absolute atomic E-state index is 12.8. The number of morpholine rings is 1. The SMILES string of the molecule is CN(c1ccccc1)S(=O)(=O)c1ccc(C(=O)NCCCN2CCOCC2)cc1. The zero-order valence-corrected chi connectivity index (χ0v) is 17.4. The Balaban J connectivity index is 1.54. The minimum Gasteiger partial charge on any atom is -0.379 e. The van der Waals surface area contributed by atoms with Gasteiger partial charge in [0.25, 0.3) is 15.9 Å². The molecule has 1 saturated heterocycles. The average molecular weight is 418 g/mol. The first-order chi connectivity index (χ1) is 14.0. The second-order valence-corrected chi connectivity index (χ2v) is 8.87. The van der Waals surface area contributed by atoms with Crippen LogP contribution in [0.1, 0.15) is 16.8 Å². The number of ether oxygens (including phenoxy) is 1. The van der Waals surface area contributed by atoms with Gasteiger partial charge in [-0.3, -0.25) is 14.0 Å². The Labute approximate surface area is 172 Å². The Hall–Kier alpha value is -2.42. The quantitative estimate of drug-likeness (QED) is 0.665. The van der Waals surface area contributed by atoms with Gasteiger partial charge in [0.2, 0.25) is 0 Å². The van der Waals surface area contributed by atoms with Crippen molar-refractivity contribution in [2.24, 2.45) is 0 Å². The minimum absolute atomic E-state index is 0.146. The smallest absolute Gasteiger partial charge is 0.264 e. The molecular weight excluding hydrogens is 390 g/mol. The molecule has 3 rings (SSSR count). The van der Waals surface area contributed by atoms with Crippen LogP contribution in [0.25, 0.3) is 0 Å². The third-order valence-electron chi connectivity index (χ3n) is 4.94. The number of amides is 1. The molecule has 1 fully saturated rings. The van der Waals surface area contributed by atoms with Gasteiger partial charge in [-0.05, 0) is 49.4 Å². The number of benzene rings is 2. The monoisotopic (exact) mass is 417 g/mol. The van der Waals surface area contributed by atoms with E-state index in [0.717, 1.165) is 39.3 Å². The van der Waals surface area contributed by atoms with Gasteiger partial charge in [0.1, 0.15) is 0 Å². The number of carbonyl (C=O) groups is 1. The van der Waals surface area contributed by atoms with Crippen LogP contribution in [-0.2, 0) is 14.8 Å². The minimum atomic E-state index is -3.68. The lowest BCUT2D eigenvalue weighted by Gasteiger charge is -2.26. The maximum Gasteiger partial charge on any atom is 0.264 e. The molecule has 0 aliphatic carbocycles. The number of hydrogen-bond donors (Lipinski definition) is 1. The molecule has 1 aliphatic heterocycles. The lowest BCUT2D eigenvalue weighted by atomic mass is 10.2. The largest absolute Gasteiger partial charge is 0.379 e. The Morgan fingerprint density at radius 1 is 1.07 bits per heavy atom. The summed E-state index contributed by atoms with van der Waals surface area (Å²) in [5.74, 6) is -0.202. The summed E-state index contributed by atoms with van der Waals surface area (Å²) in [5.41, 5.74) is 1.02. The summed E-state index contributed by atoms with van der Waals surface area (Å²) in [6, 6.07) is 14.9. The van der Waals surface area contributed by atoms with Crippen LogP contribution in [0, 0.1) is 0 Å². The normalized spacial score (nSPS) is 15.1. The number of nitrogens with zero attached hydrogens (tertiary/aromatic N) is 2. The maximum atomic E-state index is 12.8. The molecule has 7 nitrogen and oxygen atoms in total. The van der Waals surface area contributed by atoms with Crippen LogP contribution in [0.15, 0.2) is 59.5 Å². The van der Waals surface area contributed by atoms with Gasteiger partial charge in [-0.2, -0.15) is 0 Å². The summed E-state index contributed by atoms with van der Waals surface area (Å²) >= 11 is 0. The van der Waals surface area contributed by atoms with E-state index in [9.17, 15) is 13.2 Å². The molecule has 0 aromatic heterocycles. The summed E-state index contributed by atoms with van der Waals surface area (Å²) in [4.78, 5) is 14.8. The Morgan fingerprint density at radius 3 is 2.38 bits per heavy atom. The van der Waals surface area contributed by atoms with Crippen LogP contribution in [-0.4, -0.2) is 65.7 Å². The molecule has 2 aromatic rings. The van der Waals surface area contributed by atoms with Gasteiger partial charge in [0, 0.05) is 32.2 Å². The van der Waals surface area contributed by atoms with E-state index >= 15 is 0 Å². The van der Waals surface area contributed by atoms with Gasteiger partial charge in [0.05, 0.1) is 23.8 Å². The highest BCUT2D eigenvalue weighted by atomic mass is 32.2. The van der Waals surface area contributed by atoms with Crippen LogP contribution < -0.4 is 9.62 Å². The van der Waals surface area contributed by atoms with E-state index in [1.54, 1.807) is 36.4 Å². The fourth-order valence-electron chi connectivity index (χ4n) is 3.14. The number of rotatable bonds is 8. The van der Waals surface area contributed by atoms with Gasteiger partial charge in [-0.1, -0.05) is 18.2 Å². The molecule has 1 heterocycles. The Morgan fingerprint density at radius 2 is 1.72 bits per heavy atom. The van der Waals surface area contributed by atoms with E-state index in [4.69, 9.17) is 4.74 Å². The van der Waals surface area contributed by atoms with Crippen LogP contribution in [0.3, 0.4) is 0 Å². The topological polar surface area (TPSA) is 79.0 Å². The van der Waals surface area contributed by atoms with E-state index in [1.807, 2.05) is 6.07 Å². The zero-order chi connectivity index (χ0) is 20.7. The third kappa shape index (κ3) is 5.56. The summed E-state index contributed by atoms with van der Waals surface area (Å²) in [5, 5.41) is 2.89. The van der Waals surface area contributed by atoms with Crippen LogP contribution in [0.4, 0.5) is 5.69 Å². The lowest BCUT2D eigenvalue weighted by Crippen LogP contribution is -2.38. The highest BCUT2D eigenvalue weighted by molar-refractivity contribution is 7.92. The fraction of sp³-hybridized carbons (Fsp3) is 0.381. The number of nitrogens with one attached hydrogen (secondary N) is 1. The Bertz CT molecular complexity index is 895. The van der Waals surface area contributed by atoms with Crippen molar-refractivity contribution in [3.63, 3.8) is 0 Å². The number of para-hydroxylation sites is 1. The summed E-state index contributed by atoms with van der Waals surface area (Å²) in [7, 11) is -2.17. The first-order valence-corrected chi connectivity index (χ1v) is 11.1. The van der Waals surface area contributed by atoms with Gasteiger partial charge < -0.3 is 10.1 Å². The standard InChI is InChI=1S/C21H27N3O4S/c1-23(19-6-3-2-4-7-19)29(26,27)20-10-8-18(9-11-20)21(25)22-12-5-13-24-14-16-28-17-15-24/h2-4,6-11H,5,12-17H2,1H3,(H,22,25). The van der Waals surface area contributed by atoms with Crippen LogP contribution in [0.2, 0.25) is 0 Å². The number of carbonyl (C=O) groups excluding carboxylic acids is 1.